The van der Waals surface area contributed by atoms with Crippen LogP contribution in [0.2, 0.25) is 0 Å². The van der Waals surface area contributed by atoms with Crippen LogP contribution in [0.1, 0.15) is 24.0 Å². The molecule has 238 valence electrons. The Bertz CT molecular complexity index is 1740. The van der Waals surface area contributed by atoms with Crippen LogP contribution < -0.4 is 10.6 Å². The summed E-state index contributed by atoms with van der Waals surface area (Å²) < 4.78 is 0. The third-order valence-corrected chi connectivity index (χ3v) is 19.3. The largest absolute Gasteiger partial charge is 0.392 e. The van der Waals surface area contributed by atoms with Gasteiger partial charge in [-0.15, -0.1) is 0 Å². The summed E-state index contributed by atoms with van der Waals surface area (Å²) in [4.78, 5) is 59.0. The van der Waals surface area contributed by atoms with Crippen molar-refractivity contribution in [2.24, 2.45) is 0 Å². The van der Waals surface area contributed by atoms with Gasteiger partial charge in [0.15, 0.2) is 9.74 Å². The van der Waals surface area contributed by atoms with Crippen LogP contribution in [-0.2, 0) is 30.0 Å². The Morgan fingerprint density at radius 2 is 1.04 bits per heavy atom. The maximum absolute atomic E-state index is 14.7. The molecule has 4 bridgehead atoms. The summed E-state index contributed by atoms with van der Waals surface area (Å²) in [5.41, 5.74) is 1.45. The standard InChI is InChI=1S/C30H28N6O6S4/c1-33-21(39)27-11-25(15-7-3-5-9-17(15)31-19(25)35(27)23(41)29(33,13-37)45-43-27)26-12-28-22(40)34(2)30(14-38,46-44-28)24(42)36(28)20(26)32-18-10-6-4-8-16(18)26/h3-10,19-20,31-32,37-38H,11-14H2,1-2H3/t19-,20+,25-,26-,27-,28-,29-,30+/m0/s1. The summed E-state index contributed by atoms with van der Waals surface area (Å²) in [5.74, 6) is -1.19. The van der Waals surface area contributed by atoms with Gasteiger partial charge in [0.1, 0.15) is 12.3 Å². The van der Waals surface area contributed by atoms with E-state index >= 15 is 0 Å². The molecular formula is C30H28N6O6S4. The van der Waals surface area contributed by atoms with Crippen molar-refractivity contribution in [2.45, 2.75) is 55.5 Å². The van der Waals surface area contributed by atoms with Gasteiger partial charge in [-0.1, -0.05) is 58.0 Å². The number of hydrogen-bond acceptors (Lipinski definition) is 12. The minimum absolute atomic E-state index is 0.223. The van der Waals surface area contributed by atoms with Crippen LogP contribution in [0.25, 0.3) is 0 Å². The predicted octanol–water partition coefficient (Wildman–Crippen LogP) is 1.33. The second-order valence-corrected chi connectivity index (χ2v) is 18.7. The molecular weight excluding hydrogens is 669 g/mol. The summed E-state index contributed by atoms with van der Waals surface area (Å²) >= 11 is 0. The average molecular weight is 697 g/mol. The van der Waals surface area contributed by atoms with Crippen LogP contribution in [0.15, 0.2) is 48.5 Å². The van der Waals surface area contributed by atoms with Crippen molar-refractivity contribution in [2.75, 3.05) is 37.9 Å². The van der Waals surface area contributed by atoms with Crippen molar-refractivity contribution in [1.29, 1.82) is 0 Å². The first kappa shape index (κ1) is 28.3. The molecule has 46 heavy (non-hydrogen) atoms. The van der Waals surface area contributed by atoms with Gasteiger partial charge in [0.05, 0.1) is 24.0 Å². The number of nitrogens with one attached hydrogen (secondary N) is 2. The van der Waals surface area contributed by atoms with E-state index in [4.69, 9.17) is 0 Å². The fraction of sp³-hybridized carbons (Fsp3) is 0.467. The summed E-state index contributed by atoms with van der Waals surface area (Å²) in [7, 11) is 8.28. The molecule has 2 aromatic carbocycles. The van der Waals surface area contributed by atoms with Crippen molar-refractivity contribution in [3.8, 4) is 0 Å². The molecule has 0 saturated carbocycles. The number of rotatable bonds is 3. The van der Waals surface area contributed by atoms with Gasteiger partial charge in [-0.05, 0) is 44.8 Å². The Morgan fingerprint density at radius 1 is 0.652 bits per heavy atom. The van der Waals surface area contributed by atoms with Crippen LogP contribution in [0.4, 0.5) is 11.4 Å². The smallest absolute Gasteiger partial charge is 0.265 e. The third-order valence-electron chi connectivity index (χ3n) is 12.0. The van der Waals surface area contributed by atoms with Gasteiger partial charge in [-0.25, -0.2) is 0 Å². The molecule has 8 saturated heterocycles. The first-order valence-electron chi connectivity index (χ1n) is 15.0. The molecule has 12 rings (SSSR count). The fourth-order valence-electron chi connectivity index (χ4n) is 9.92. The van der Waals surface area contributed by atoms with E-state index in [0.29, 0.717) is 0 Å². The van der Waals surface area contributed by atoms with E-state index in [1.54, 1.807) is 23.9 Å². The minimum atomic E-state index is -1.47. The average Bonchev–Trinajstić information content (AvgIpc) is 3.75. The van der Waals surface area contributed by atoms with E-state index in [1.807, 2.05) is 48.5 Å². The zero-order valence-corrected chi connectivity index (χ0v) is 27.8. The molecule has 0 aromatic heterocycles. The van der Waals surface area contributed by atoms with Crippen molar-refractivity contribution >= 4 is 78.2 Å². The number of carbonyl (C=O) groups excluding carboxylic acids is 4. The Kier molecular flexibility index (Phi) is 5.08. The number of para-hydroxylation sites is 2. The summed E-state index contributed by atoms with van der Waals surface area (Å²) in [6.07, 6.45) is -1.01. The zero-order valence-electron chi connectivity index (χ0n) is 24.6. The number of aliphatic hydroxyl groups is 2. The normalized spacial score (nSPS) is 43.7. The van der Waals surface area contributed by atoms with Gasteiger partial charge in [0.25, 0.3) is 23.6 Å². The first-order valence-corrected chi connectivity index (χ1v) is 19.3. The highest BCUT2D eigenvalue weighted by molar-refractivity contribution is 8.78. The molecule has 2 spiro atoms. The molecule has 10 aliphatic heterocycles. The number of likely N-dealkylation sites (N-methyl/N-ethyl adjacent to an activating group) is 2. The zero-order chi connectivity index (χ0) is 31.8. The number of carbonyl (C=O) groups is 4. The van der Waals surface area contributed by atoms with E-state index in [0.717, 1.165) is 22.5 Å². The SMILES string of the molecule is CN1C(=O)[C@@]23C[C@]4([C@]56C[C@@]78SS[C@](CO)(C(=O)N7[C@H]5Nc5ccccc56)N(C)C8=O)c5ccccc5N[C@H]4N2C(=O)[C@]1(CO)SS3. The number of aliphatic hydroxyl groups excluding tert-OH is 2. The van der Waals surface area contributed by atoms with Crippen LogP contribution in [0, 0.1) is 0 Å². The van der Waals surface area contributed by atoms with Crippen LogP contribution in [0.5, 0.6) is 0 Å². The second kappa shape index (κ2) is 8.26. The van der Waals surface area contributed by atoms with Crippen molar-refractivity contribution in [3.63, 3.8) is 0 Å². The molecule has 8 atom stereocenters. The van der Waals surface area contributed by atoms with E-state index in [9.17, 15) is 29.4 Å². The lowest BCUT2D eigenvalue weighted by Crippen LogP contribution is -2.77. The Balaban J connectivity index is 1.29. The van der Waals surface area contributed by atoms with E-state index in [-0.39, 0.29) is 36.5 Å². The minimum Gasteiger partial charge on any atom is -0.392 e. The lowest BCUT2D eigenvalue weighted by molar-refractivity contribution is -0.166. The van der Waals surface area contributed by atoms with Crippen LogP contribution >= 0.6 is 43.2 Å². The lowest BCUT2D eigenvalue weighted by atomic mass is 9.54. The molecule has 0 aliphatic carbocycles. The number of amides is 4. The topological polar surface area (TPSA) is 146 Å². The van der Waals surface area contributed by atoms with Gasteiger partial charge < -0.3 is 30.6 Å². The Hall–Kier alpha value is -2.76. The number of anilines is 2. The van der Waals surface area contributed by atoms with E-state index < -0.39 is 55.9 Å². The molecule has 0 unspecified atom stereocenters. The lowest BCUT2D eigenvalue weighted by Gasteiger charge is -2.57. The second-order valence-electron chi connectivity index (χ2n) is 13.3. The number of nitrogens with zero attached hydrogens (tertiary/aromatic N) is 4. The molecule has 2 aromatic rings. The summed E-state index contributed by atoms with van der Waals surface area (Å²) in [6.45, 7) is -1.07. The Labute approximate surface area is 279 Å². The molecule has 16 heteroatoms. The molecule has 0 radical (unpaired) electrons. The Morgan fingerprint density at radius 3 is 1.43 bits per heavy atom. The maximum atomic E-state index is 14.7. The maximum Gasteiger partial charge on any atom is 0.265 e. The third kappa shape index (κ3) is 2.48. The highest BCUT2D eigenvalue weighted by Gasteiger charge is 2.87. The highest BCUT2D eigenvalue weighted by atomic mass is 33.1. The van der Waals surface area contributed by atoms with Gasteiger partial charge >= 0.3 is 0 Å². The molecule has 10 heterocycles. The molecule has 12 nitrogen and oxygen atoms in total. The van der Waals surface area contributed by atoms with Gasteiger partial charge in [0, 0.05) is 38.3 Å². The molecule has 10 aliphatic rings. The highest BCUT2D eigenvalue weighted by Crippen LogP contribution is 2.78. The first-order chi connectivity index (χ1) is 22.1. The molecule has 4 N–H and O–H groups in total. The number of hydrogen-bond donors (Lipinski definition) is 4. The summed E-state index contributed by atoms with van der Waals surface area (Å²) in [6, 6.07) is 15.8. The van der Waals surface area contributed by atoms with Gasteiger partial charge in [0.2, 0.25) is 9.74 Å². The fourth-order valence-corrected chi connectivity index (χ4v) is 17.2. The van der Waals surface area contributed by atoms with E-state index in [1.165, 1.54) is 53.0 Å². The molecule has 4 amide bonds. The van der Waals surface area contributed by atoms with Crippen LogP contribution in [0.3, 0.4) is 0 Å². The monoisotopic (exact) mass is 696 g/mol. The van der Waals surface area contributed by atoms with Crippen molar-refractivity contribution < 1.29 is 29.4 Å². The van der Waals surface area contributed by atoms with Crippen molar-refractivity contribution in [3.05, 3.63) is 59.7 Å². The quantitative estimate of drug-likeness (QED) is 0.344. The number of fused-ring (bicyclic) bond motifs is 11. The summed E-state index contributed by atoms with van der Waals surface area (Å²) in [5, 5.41) is 28.6. The number of piperazine rings is 2. The number of benzene rings is 2. The predicted molar refractivity (Wildman–Crippen MR) is 175 cm³/mol. The van der Waals surface area contributed by atoms with Crippen LogP contribution in [-0.4, -0.2) is 113 Å². The molecule has 8 fully saturated rings. The van der Waals surface area contributed by atoms with Gasteiger partial charge in [-0.3, -0.25) is 29.0 Å². The van der Waals surface area contributed by atoms with Gasteiger partial charge in [-0.2, -0.15) is 0 Å². The van der Waals surface area contributed by atoms with E-state index in [2.05, 4.69) is 10.6 Å². The van der Waals surface area contributed by atoms with Crippen molar-refractivity contribution in [1.82, 2.24) is 19.6 Å².